The van der Waals surface area contributed by atoms with Gasteiger partial charge >= 0.3 is 5.97 Å². The minimum absolute atomic E-state index is 0.0351. The van der Waals surface area contributed by atoms with Crippen molar-refractivity contribution in [2.24, 2.45) is 5.92 Å². The molecular weight excluding hydrogens is 402 g/mol. The van der Waals surface area contributed by atoms with Gasteiger partial charge in [-0.2, -0.15) is 8.42 Å². The Kier molecular flexibility index (Phi) is 9.37. The normalized spacial score (nSPS) is 18.2. The van der Waals surface area contributed by atoms with Crippen LogP contribution < -0.4 is 5.32 Å². The molecule has 0 radical (unpaired) electrons. The summed E-state index contributed by atoms with van der Waals surface area (Å²) in [5, 5.41) is 3.51. The Hall–Kier alpha value is -1.86. The number of rotatable bonds is 11. The third-order valence-electron chi connectivity index (χ3n) is 5.36. The molecule has 0 unspecified atom stereocenters. The number of nitrogens with one attached hydrogen (secondary N) is 1. The number of hydrogen-bond acceptors (Lipinski definition) is 6. The van der Waals surface area contributed by atoms with E-state index in [2.05, 4.69) is 19.2 Å². The molecule has 6 nitrogen and oxygen atoms in total. The zero-order chi connectivity index (χ0) is 22.1. The summed E-state index contributed by atoms with van der Waals surface area (Å²) in [5.41, 5.74) is 2.66. The number of carbonyl (C=O) groups is 1. The van der Waals surface area contributed by atoms with Crippen LogP contribution in [0.1, 0.15) is 64.9 Å². The molecule has 1 aromatic carbocycles. The lowest BCUT2D eigenvalue weighted by molar-refractivity contribution is -0.138. The highest BCUT2D eigenvalue weighted by Gasteiger charge is 2.25. The largest absolute Gasteiger partial charge is 0.463 e. The molecule has 0 aromatic heterocycles. The van der Waals surface area contributed by atoms with Crippen molar-refractivity contribution in [1.29, 1.82) is 0 Å². The second kappa shape index (κ2) is 11.5. The molecule has 30 heavy (non-hydrogen) atoms. The number of benzene rings is 1. The summed E-state index contributed by atoms with van der Waals surface area (Å²) >= 11 is 0. The molecule has 1 aliphatic rings. The van der Waals surface area contributed by atoms with Crippen LogP contribution in [-0.4, -0.2) is 33.6 Å². The Labute approximate surface area is 181 Å². The zero-order valence-electron chi connectivity index (χ0n) is 18.6. The Balaban J connectivity index is 2.04. The van der Waals surface area contributed by atoms with E-state index < -0.39 is 10.1 Å². The van der Waals surface area contributed by atoms with E-state index in [9.17, 15) is 13.2 Å². The van der Waals surface area contributed by atoms with E-state index >= 15 is 0 Å². The van der Waals surface area contributed by atoms with Gasteiger partial charge in [0, 0.05) is 11.7 Å². The van der Waals surface area contributed by atoms with Crippen molar-refractivity contribution in [2.45, 2.75) is 77.2 Å². The van der Waals surface area contributed by atoms with Gasteiger partial charge in [0.25, 0.3) is 10.1 Å². The summed E-state index contributed by atoms with van der Waals surface area (Å²) < 4.78 is 35.3. The minimum atomic E-state index is -3.77. The van der Waals surface area contributed by atoms with Gasteiger partial charge in [-0.15, -0.1) is 0 Å². The first kappa shape index (κ1) is 24.4. The number of aryl methyl sites for hydroxylation is 1. The fraction of sp³-hybridized carbons (Fsp3) is 0.609. The minimum Gasteiger partial charge on any atom is -0.463 e. The van der Waals surface area contributed by atoms with E-state index in [0.29, 0.717) is 25.4 Å². The van der Waals surface area contributed by atoms with Crippen LogP contribution in [-0.2, 0) is 23.8 Å². The van der Waals surface area contributed by atoms with Gasteiger partial charge in [-0.05, 0) is 64.0 Å². The average Bonchev–Trinajstić information content (AvgIpc) is 2.68. The van der Waals surface area contributed by atoms with E-state index in [1.165, 1.54) is 0 Å². The predicted octanol–water partition coefficient (Wildman–Crippen LogP) is 4.49. The Morgan fingerprint density at radius 2 is 1.90 bits per heavy atom. The van der Waals surface area contributed by atoms with Crippen LogP contribution in [0.3, 0.4) is 0 Å². The van der Waals surface area contributed by atoms with E-state index in [4.69, 9.17) is 8.92 Å². The highest BCUT2D eigenvalue weighted by atomic mass is 32.2. The summed E-state index contributed by atoms with van der Waals surface area (Å²) in [6, 6.07) is 6.67. The van der Waals surface area contributed by atoms with Gasteiger partial charge in [0.2, 0.25) is 0 Å². The highest BCUT2D eigenvalue weighted by Crippen LogP contribution is 2.29. The van der Waals surface area contributed by atoms with E-state index in [0.717, 1.165) is 42.5 Å². The van der Waals surface area contributed by atoms with Crippen LogP contribution in [0.15, 0.2) is 40.4 Å². The van der Waals surface area contributed by atoms with Crippen LogP contribution in [0, 0.1) is 12.8 Å². The first-order chi connectivity index (χ1) is 14.3. The molecular formula is C23H35NO5S. The molecule has 0 saturated heterocycles. The van der Waals surface area contributed by atoms with Crippen molar-refractivity contribution >= 4 is 16.1 Å². The molecule has 0 bridgehead atoms. The topological polar surface area (TPSA) is 81.7 Å². The molecule has 2 atom stereocenters. The summed E-state index contributed by atoms with van der Waals surface area (Å²) in [6.45, 7) is 8.42. The molecule has 0 amide bonds. The molecule has 168 valence electrons. The smallest absolute Gasteiger partial charge is 0.335 e. The lowest BCUT2D eigenvalue weighted by Gasteiger charge is -2.29. The van der Waals surface area contributed by atoms with Crippen molar-refractivity contribution < 1.29 is 22.1 Å². The number of esters is 1. The molecule has 7 heteroatoms. The van der Waals surface area contributed by atoms with Crippen molar-refractivity contribution in [3.63, 3.8) is 0 Å². The molecule has 1 N–H and O–H groups in total. The fourth-order valence-electron chi connectivity index (χ4n) is 3.66. The third kappa shape index (κ3) is 7.13. The van der Waals surface area contributed by atoms with Crippen LogP contribution in [0.2, 0.25) is 0 Å². The van der Waals surface area contributed by atoms with Crippen LogP contribution >= 0.6 is 0 Å². The fourth-order valence-corrected chi connectivity index (χ4v) is 4.58. The molecule has 0 fully saturated rings. The molecule has 2 rings (SSSR count). The van der Waals surface area contributed by atoms with Crippen molar-refractivity contribution in [1.82, 2.24) is 5.32 Å². The first-order valence-corrected chi connectivity index (χ1v) is 12.3. The second-order valence-electron chi connectivity index (χ2n) is 8.03. The van der Waals surface area contributed by atoms with Gasteiger partial charge in [0.1, 0.15) is 0 Å². The Morgan fingerprint density at radius 1 is 1.20 bits per heavy atom. The number of allylic oxidation sites excluding steroid dienone is 1. The number of carbonyl (C=O) groups excluding carboxylic acids is 1. The molecule has 0 aliphatic heterocycles. The van der Waals surface area contributed by atoms with Crippen LogP contribution in [0.5, 0.6) is 0 Å². The molecule has 0 heterocycles. The van der Waals surface area contributed by atoms with Gasteiger partial charge in [0.15, 0.2) is 0 Å². The maximum Gasteiger partial charge on any atom is 0.335 e. The summed E-state index contributed by atoms with van der Waals surface area (Å²) in [5.74, 6) is 0.242. The molecule has 0 spiro atoms. The lowest BCUT2D eigenvalue weighted by Crippen LogP contribution is -2.34. The summed E-state index contributed by atoms with van der Waals surface area (Å²) in [4.78, 5) is 12.5. The maximum atomic E-state index is 12.4. The quantitative estimate of drug-likeness (QED) is 0.406. The Bertz CT molecular complexity index is 830. The zero-order valence-corrected chi connectivity index (χ0v) is 19.4. The third-order valence-corrected chi connectivity index (χ3v) is 6.68. The SMILES string of the molecule is CCC[C@@H](CCOS(=O)(=O)c1ccc(C)cc1)NC1=C(C(=O)OCC)CC[C@@H](C)C1. The van der Waals surface area contributed by atoms with Gasteiger partial charge in [-0.3, -0.25) is 4.18 Å². The predicted molar refractivity (Wildman–Crippen MR) is 117 cm³/mol. The molecule has 1 aliphatic carbocycles. The van der Waals surface area contributed by atoms with Gasteiger partial charge in [-0.25, -0.2) is 4.79 Å². The van der Waals surface area contributed by atoms with Crippen LogP contribution in [0.4, 0.5) is 0 Å². The Morgan fingerprint density at radius 3 is 2.53 bits per heavy atom. The van der Waals surface area contributed by atoms with E-state index in [1.54, 1.807) is 24.3 Å². The van der Waals surface area contributed by atoms with E-state index in [1.807, 2.05) is 13.8 Å². The second-order valence-corrected chi connectivity index (χ2v) is 9.65. The number of hydrogen-bond donors (Lipinski definition) is 1. The van der Waals surface area contributed by atoms with Crippen molar-refractivity contribution in [2.75, 3.05) is 13.2 Å². The standard InChI is InChI=1S/C23H35NO5S/c1-5-7-19(14-15-29-30(26,27)20-11-8-17(3)9-12-20)24-22-16-18(4)10-13-21(22)23(25)28-6-2/h8-9,11-12,18-19,24H,5-7,10,13-16H2,1-4H3/t18-,19+/m1/s1. The van der Waals surface area contributed by atoms with Gasteiger partial charge in [-0.1, -0.05) is 38.0 Å². The van der Waals surface area contributed by atoms with Gasteiger partial charge < -0.3 is 10.1 Å². The first-order valence-electron chi connectivity index (χ1n) is 10.9. The lowest BCUT2D eigenvalue weighted by atomic mass is 9.87. The molecule has 1 aromatic rings. The monoisotopic (exact) mass is 437 g/mol. The van der Waals surface area contributed by atoms with Crippen molar-refractivity contribution in [3.05, 3.63) is 41.1 Å². The summed E-state index contributed by atoms with van der Waals surface area (Å²) in [6.07, 6.45) is 4.82. The average molecular weight is 438 g/mol. The maximum absolute atomic E-state index is 12.4. The highest BCUT2D eigenvalue weighted by molar-refractivity contribution is 7.86. The summed E-state index contributed by atoms with van der Waals surface area (Å²) in [7, 11) is -3.77. The van der Waals surface area contributed by atoms with E-state index in [-0.39, 0.29) is 23.5 Å². The van der Waals surface area contributed by atoms with Crippen molar-refractivity contribution in [3.8, 4) is 0 Å². The molecule has 0 saturated carbocycles. The number of ether oxygens (including phenoxy) is 1. The van der Waals surface area contributed by atoms with Crippen LogP contribution in [0.25, 0.3) is 0 Å². The van der Waals surface area contributed by atoms with Gasteiger partial charge in [0.05, 0.1) is 23.7 Å².